The average molecular weight is 419 g/mol. The summed E-state index contributed by atoms with van der Waals surface area (Å²) in [5.74, 6) is 0.915. The molecule has 3 heterocycles. The van der Waals surface area contributed by atoms with Crippen molar-refractivity contribution in [2.24, 2.45) is 5.41 Å². The molecule has 1 spiro atoms. The normalized spacial score (nSPS) is 18.3. The molecule has 0 radical (unpaired) electrons. The van der Waals surface area contributed by atoms with Gasteiger partial charge in [0.1, 0.15) is 11.5 Å². The van der Waals surface area contributed by atoms with Gasteiger partial charge in [-0.2, -0.15) is 0 Å². The molecular formula is C20H24F2N6S. The SMILES string of the molecule is Cc1cccc(SN2CC3(CCN(c4cnc(C=N)c(NCC(F)F)n4)C3)C2)c1. The third-order valence-corrected chi connectivity index (χ3v) is 6.34. The van der Waals surface area contributed by atoms with E-state index in [9.17, 15) is 8.78 Å². The highest BCUT2D eigenvalue weighted by atomic mass is 32.2. The van der Waals surface area contributed by atoms with Gasteiger partial charge in [0.15, 0.2) is 5.82 Å². The second-order valence-electron chi connectivity index (χ2n) is 7.76. The third kappa shape index (κ3) is 4.51. The molecule has 0 atom stereocenters. The van der Waals surface area contributed by atoms with Crippen LogP contribution < -0.4 is 10.2 Å². The van der Waals surface area contributed by atoms with E-state index in [0.29, 0.717) is 5.82 Å². The molecule has 2 aromatic rings. The molecule has 4 rings (SSSR count). The van der Waals surface area contributed by atoms with Crippen LogP contribution in [0.15, 0.2) is 35.4 Å². The Morgan fingerprint density at radius 3 is 2.90 bits per heavy atom. The number of aromatic nitrogens is 2. The zero-order valence-corrected chi connectivity index (χ0v) is 17.1. The van der Waals surface area contributed by atoms with Crippen molar-refractivity contribution in [3.63, 3.8) is 0 Å². The molecule has 9 heteroatoms. The van der Waals surface area contributed by atoms with Crippen LogP contribution in [0.25, 0.3) is 0 Å². The minimum Gasteiger partial charge on any atom is -0.362 e. The lowest BCUT2D eigenvalue weighted by Crippen LogP contribution is -2.54. The number of benzene rings is 1. The van der Waals surface area contributed by atoms with Crippen LogP contribution in [0.3, 0.4) is 0 Å². The van der Waals surface area contributed by atoms with Gasteiger partial charge in [-0.3, -0.25) is 0 Å². The molecule has 0 bridgehead atoms. The van der Waals surface area contributed by atoms with Gasteiger partial charge in [-0.05, 0) is 43.0 Å². The summed E-state index contributed by atoms with van der Waals surface area (Å²) >= 11 is 1.80. The Balaban J connectivity index is 1.37. The van der Waals surface area contributed by atoms with Crippen molar-refractivity contribution in [3.8, 4) is 0 Å². The first kappa shape index (κ1) is 20.0. The molecular weight excluding hydrogens is 394 g/mol. The lowest BCUT2D eigenvalue weighted by molar-refractivity contribution is 0.105. The average Bonchev–Trinajstić information content (AvgIpc) is 3.11. The quantitative estimate of drug-likeness (QED) is 0.528. The van der Waals surface area contributed by atoms with Crippen molar-refractivity contribution in [3.05, 3.63) is 41.7 Å². The van der Waals surface area contributed by atoms with E-state index in [1.807, 2.05) is 0 Å². The number of anilines is 2. The molecule has 2 saturated heterocycles. The fourth-order valence-electron chi connectivity index (χ4n) is 3.93. The van der Waals surface area contributed by atoms with E-state index in [4.69, 9.17) is 5.41 Å². The van der Waals surface area contributed by atoms with Crippen molar-refractivity contribution in [2.75, 3.05) is 42.9 Å². The Labute approximate surface area is 173 Å². The Bertz CT molecular complexity index is 887. The Morgan fingerprint density at radius 1 is 1.34 bits per heavy atom. The maximum absolute atomic E-state index is 12.5. The van der Waals surface area contributed by atoms with Crippen molar-refractivity contribution >= 4 is 29.8 Å². The topological polar surface area (TPSA) is 68.1 Å². The van der Waals surface area contributed by atoms with Crippen molar-refractivity contribution in [2.45, 2.75) is 24.7 Å². The molecule has 2 aliphatic rings. The molecule has 0 unspecified atom stereocenters. The molecule has 2 fully saturated rings. The van der Waals surface area contributed by atoms with E-state index < -0.39 is 13.0 Å². The van der Waals surface area contributed by atoms with Crippen molar-refractivity contribution in [1.82, 2.24) is 14.3 Å². The second kappa shape index (κ2) is 8.23. The number of nitrogens with zero attached hydrogens (tertiary/aromatic N) is 4. The summed E-state index contributed by atoms with van der Waals surface area (Å²) in [7, 11) is 0. The first-order chi connectivity index (χ1) is 14.0. The van der Waals surface area contributed by atoms with Gasteiger partial charge in [0.2, 0.25) is 0 Å². The number of rotatable bonds is 7. The highest BCUT2D eigenvalue weighted by Crippen LogP contribution is 2.45. The fourth-order valence-corrected chi connectivity index (χ4v) is 5.28. The Morgan fingerprint density at radius 2 is 2.17 bits per heavy atom. The van der Waals surface area contributed by atoms with E-state index in [0.717, 1.165) is 38.8 Å². The molecule has 0 amide bonds. The van der Waals surface area contributed by atoms with Gasteiger partial charge in [-0.25, -0.2) is 23.1 Å². The van der Waals surface area contributed by atoms with Crippen LogP contribution in [-0.2, 0) is 0 Å². The van der Waals surface area contributed by atoms with E-state index in [1.165, 1.54) is 10.5 Å². The third-order valence-electron chi connectivity index (χ3n) is 5.36. The summed E-state index contributed by atoms with van der Waals surface area (Å²) in [4.78, 5) is 12.1. The maximum atomic E-state index is 12.5. The van der Waals surface area contributed by atoms with Gasteiger partial charge in [0.05, 0.1) is 12.7 Å². The van der Waals surface area contributed by atoms with Gasteiger partial charge in [-0.1, -0.05) is 12.1 Å². The number of aryl methyl sites for hydroxylation is 1. The summed E-state index contributed by atoms with van der Waals surface area (Å²) in [5, 5.41) is 10.0. The van der Waals surface area contributed by atoms with E-state index in [2.05, 4.69) is 55.7 Å². The number of hydrogen-bond acceptors (Lipinski definition) is 7. The monoisotopic (exact) mass is 418 g/mol. The zero-order valence-electron chi connectivity index (χ0n) is 16.2. The van der Waals surface area contributed by atoms with E-state index in [1.54, 1.807) is 18.1 Å². The molecule has 29 heavy (non-hydrogen) atoms. The van der Waals surface area contributed by atoms with Gasteiger partial charge < -0.3 is 15.6 Å². The Hall–Kier alpha value is -2.26. The smallest absolute Gasteiger partial charge is 0.255 e. The van der Waals surface area contributed by atoms with Gasteiger partial charge >= 0.3 is 0 Å². The molecule has 6 nitrogen and oxygen atoms in total. The summed E-state index contributed by atoms with van der Waals surface area (Å²) in [6, 6.07) is 8.52. The standard InChI is InChI=1S/C20H24F2N6S/c1-14-3-2-4-15(7-14)29-28-12-20(13-28)5-6-27(11-20)18-10-24-16(8-23)19(26-18)25-9-17(21)22/h2-4,7-8,10,17,23H,5-6,9,11-13H2,1H3,(H,25,26). The van der Waals surface area contributed by atoms with Gasteiger partial charge in [0, 0.05) is 42.7 Å². The minimum absolute atomic E-state index is 0.240. The Kier molecular flexibility index (Phi) is 5.69. The largest absolute Gasteiger partial charge is 0.362 e. The van der Waals surface area contributed by atoms with E-state index >= 15 is 0 Å². The predicted octanol–water partition coefficient (Wildman–Crippen LogP) is 3.68. The highest BCUT2D eigenvalue weighted by molar-refractivity contribution is 7.97. The molecule has 2 N–H and O–H groups in total. The molecule has 2 aliphatic heterocycles. The lowest BCUT2D eigenvalue weighted by atomic mass is 9.81. The highest BCUT2D eigenvalue weighted by Gasteiger charge is 2.48. The van der Waals surface area contributed by atoms with Crippen LogP contribution in [0.2, 0.25) is 0 Å². The van der Waals surface area contributed by atoms with Crippen LogP contribution >= 0.6 is 11.9 Å². The summed E-state index contributed by atoms with van der Waals surface area (Å²) < 4.78 is 27.5. The lowest BCUT2D eigenvalue weighted by Gasteiger charge is -2.47. The van der Waals surface area contributed by atoms with Crippen molar-refractivity contribution < 1.29 is 8.78 Å². The number of nitrogens with one attached hydrogen (secondary N) is 2. The maximum Gasteiger partial charge on any atom is 0.255 e. The zero-order chi connectivity index (χ0) is 20.4. The number of alkyl halides is 2. The number of hydrogen-bond donors (Lipinski definition) is 2. The van der Waals surface area contributed by atoms with Crippen LogP contribution in [0.5, 0.6) is 0 Å². The molecule has 154 valence electrons. The minimum atomic E-state index is -2.49. The first-order valence-electron chi connectivity index (χ1n) is 9.60. The number of halogens is 2. The van der Waals surface area contributed by atoms with E-state index in [-0.39, 0.29) is 16.9 Å². The molecule has 0 aliphatic carbocycles. The van der Waals surface area contributed by atoms with Gasteiger partial charge in [0.25, 0.3) is 6.43 Å². The summed E-state index contributed by atoms with van der Waals surface area (Å²) in [6.07, 6.45) is 1.25. The summed E-state index contributed by atoms with van der Waals surface area (Å²) in [5.41, 5.74) is 1.78. The summed E-state index contributed by atoms with van der Waals surface area (Å²) in [6.45, 7) is 5.38. The van der Waals surface area contributed by atoms with Crippen LogP contribution in [0, 0.1) is 17.7 Å². The molecule has 1 aromatic carbocycles. The second-order valence-corrected chi connectivity index (χ2v) is 8.93. The van der Waals surface area contributed by atoms with Crippen LogP contribution in [0.4, 0.5) is 20.4 Å². The fraction of sp³-hybridized carbons (Fsp3) is 0.450. The molecule has 1 aromatic heterocycles. The predicted molar refractivity (Wildman–Crippen MR) is 112 cm³/mol. The van der Waals surface area contributed by atoms with Crippen LogP contribution in [-0.4, -0.2) is 59.6 Å². The van der Waals surface area contributed by atoms with Gasteiger partial charge in [-0.15, -0.1) is 0 Å². The first-order valence-corrected chi connectivity index (χ1v) is 10.4. The molecule has 0 saturated carbocycles. The van der Waals surface area contributed by atoms with Crippen molar-refractivity contribution in [1.29, 1.82) is 5.41 Å². The van der Waals surface area contributed by atoms with Crippen LogP contribution in [0.1, 0.15) is 17.7 Å².